The molecule has 1 unspecified atom stereocenters. The van der Waals surface area contributed by atoms with Crippen molar-refractivity contribution in [2.45, 2.75) is 31.3 Å². The first kappa shape index (κ1) is 19.6. The number of piperazine rings is 1. The Hall–Kier alpha value is -2.37. The van der Waals surface area contributed by atoms with Crippen molar-refractivity contribution in [1.82, 2.24) is 4.90 Å². The number of anilines is 2. The lowest BCUT2D eigenvalue weighted by Crippen LogP contribution is -2.49. The van der Waals surface area contributed by atoms with Crippen molar-refractivity contribution in [3.8, 4) is 0 Å². The number of morpholine rings is 1. The van der Waals surface area contributed by atoms with E-state index in [1.165, 1.54) is 29.7 Å². The van der Waals surface area contributed by atoms with Crippen LogP contribution in [0, 0.1) is 0 Å². The maximum Gasteiger partial charge on any atom is 0.256 e. The fourth-order valence-electron chi connectivity index (χ4n) is 4.63. The lowest BCUT2D eigenvalue weighted by molar-refractivity contribution is -0.133. The van der Waals surface area contributed by atoms with Crippen LogP contribution in [0.15, 0.2) is 48.5 Å². The monoisotopic (exact) mass is 405 g/mol. The molecule has 1 atom stereocenters. The molecule has 2 heterocycles. The second-order valence-corrected chi connectivity index (χ2v) is 8.84. The first-order valence-corrected chi connectivity index (χ1v) is 11.2. The lowest BCUT2D eigenvalue weighted by Gasteiger charge is -2.36. The number of carbonyl (C=O) groups is 1. The molecular weight excluding hydrogens is 374 g/mol. The van der Waals surface area contributed by atoms with Crippen LogP contribution in [0.2, 0.25) is 0 Å². The molecule has 0 N–H and O–H groups in total. The van der Waals surface area contributed by atoms with E-state index in [0.717, 1.165) is 37.8 Å². The van der Waals surface area contributed by atoms with E-state index in [1.807, 2.05) is 4.90 Å². The molecule has 1 amide bonds. The third kappa shape index (κ3) is 4.09. The molecule has 3 aliphatic rings. The standard InChI is InChI=1S/C25H31N3O2/c1-26-12-14-27(15-13-26)23-5-3-2-4-21(23)18-24-25(29)28(16-17-30-24)22-10-8-20(9-11-22)19-6-7-19/h2-5,8-11,19,24H,6-7,12-18H2,1H3. The number of carbonyl (C=O) groups excluding carboxylic acids is 1. The van der Waals surface area contributed by atoms with Gasteiger partial charge in [-0.15, -0.1) is 0 Å². The molecule has 2 aromatic carbocycles. The quantitative estimate of drug-likeness (QED) is 0.765. The molecule has 2 aromatic rings. The molecule has 158 valence electrons. The molecular formula is C25H31N3O2. The number of nitrogens with zero attached hydrogens (tertiary/aromatic N) is 3. The van der Waals surface area contributed by atoms with Gasteiger partial charge >= 0.3 is 0 Å². The zero-order chi connectivity index (χ0) is 20.5. The number of para-hydroxylation sites is 1. The lowest BCUT2D eigenvalue weighted by atomic mass is 10.0. The summed E-state index contributed by atoms with van der Waals surface area (Å²) in [7, 11) is 2.17. The average Bonchev–Trinajstić information content (AvgIpc) is 3.62. The number of ether oxygens (including phenoxy) is 1. The number of rotatable bonds is 5. The second-order valence-electron chi connectivity index (χ2n) is 8.84. The van der Waals surface area contributed by atoms with E-state index in [4.69, 9.17) is 4.74 Å². The van der Waals surface area contributed by atoms with Gasteiger partial charge in [-0.05, 0) is 55.1 Å². The summed E-state index contributed by atoms with van der Waals surface area (Å²) < 4.78 is 5.96. The van der Waals surface area contributed by atoms with Gasteiger partial charge in [0.05, 0.1) is 6.61 Å². The summed E-state index contributed by atoms with van der Waals surface area (Å²) in [5.41, 5.74) is 4.83. The third-order valence-corrected chi connectivity index (χ3v) is 6.67. The van der Waals surface area contributed by atoms with Gasteiger partial charge in [0, 0.05) is 50.5 Å². The molecule has 30 heavy (non-hydrogen) atoms. The third-order valence-electron chi connectivity index (χ3n) is 6.67. The number of likely N-dealkylation sites (N-methyl/N-ethyl adjacent to an activating group) is 1. The van der Waals surface area contributed by atoms with E-state index >= 15 is 0 Å². The van der Waals surface area contributed by atoms with E-state index in [1.54, 1.807) is 0 Å². The average molecular weight is 406 g/mol. The van der Waals surface area contributed by atoms with Crippen LogP contribution >= 0.6 is 0 Å². The molecule has 0 radical (unpaired) electrons. The SMILES string of the molecule is CN1CCN(c2ccccc2CC2OCCN(c3ccc(C4CC4)cc3)C2=O)CC1. The van der Waals surface area contributed by atoms with E-state index in [2.05, 4.69) is 65.4 Å². The Morgan fingerprint density at radius 2 is 1.67 bits per heavy atom. The van der Waals surface area contributed by atoms with Crippen molar-refractivity contribution in [2.24, 2.45) is 0 Å². The molecule has 3 fully saturated rings. The molecule has 0 spiro atoms. The van der Waals surface area contributed by atoms with E-state index in [0.29, 0.717) is 19.6 Å². The molecule has 0 aromatic heterocycles. The minimum absolute atomic E-state index is 0.0774. The van der Waals surface area contributed by atoms with Gasteiger partial charge in [-0.1, -0.05) is 30.3 Å². The van der Waals surface area contributed by atoms with Gasteiger partial charge in [-0.25, -0.2) is 0 Å². The highest BCUT2D eigenvalue weighted by atomic mass is 16.5. The summed E-state index contributed by atoms with van der Waals surface area (Å²) in [5.74, 6) is 0.812. The number of amides is 1. The van der Waals surface area contributed by atoms with Gasteiger partial charge < -0.3 is 19.4 Å². The van der Waals surface area contributed by atoms with Crippen LogP contribution < -0.4 is 9.80 Å². The number of hydrogen-bond donors (Lipinski definition) is 0. The van der Waals surface area contributed by atoms with Crippen molar-refractivity contribution in [1.29, 1.82) is 0 Å². The minimum atomic E-state index is -0.421. The van der Waals surface area contributed by atoms with Crippen LogP contribution in [0.25, 0.3) is 0 Å². The molecule has 2 saturated heterocycles. The Bertz CT molecular complexity index is 886. The summed E-state index contributed by atoms with van der Waals surface area (Å²) in [6.07, 6.45) is 2.79. The molecule has 5 rings (SSSR count). The van der Waals surface area contributed by atoms with Crippen LogP contribution in [-0.2, 0) is 16.0 Å². The smallest absolute Gasteiger partial charge is 0.256 e. The topological polar surface area (TPSA) is 36.0 Å². The summed E-state index contributed by atoms with van der Waals surface area (Å²) in [5, 5.41) is 0. The van der Waals surface area contributed by atoms with Crippen molar-refractivity contribution in [2.75, 3.05) is 56.2 Å². The second kappa shape index (κ2) is 8.40. The maximum absolute atomic E-state index is 13.3. The van der Waals surface area contributed by atoms with Gasteiger partial charge in [0.2, 0.25) is 0 Å². The van der Waals surface area contributed by atoms with Gasteiger partial charge in [-0.3, -0.25) is 4.79 Å². The summed E-state index contributed by atoms with van der Waals surface area (Å²) >= 11 is 0. The van der Waals surface area contributed by atoms with Crippen LogP contribution in [-0.4, -0.2) is 63.3 Å². The first-order chi connectivity index (χ1) is 14.7. The van der Waals surface area contributed by atoms with Crippen molar-refractivity contribution < 1.29 is 9.53 Å². The Kier molecular flexibility index (Phi) is 5.48. The maximum atomic E-state index is 13.3. The highest BCUT2D eigenvalue weighted by molar-refractivity contribution is 5.97. The molecule has 1 aliphatic carbocycles. The summed E-state index contributed by atoms with van der Waals surface area (Å²) in [4.78, 5) is 20.0. The van der Waals surface area contributed by atoms with Gasteiger partial charge in [0.25, 0.3) is 5.91 Å². The normalized spacial score (nSPS) is 23.1. The largest absolute Gasteiger partial charge is 0.369 e. The fraction of sp³-hybridized carbons (Fsp3) is 0.480. The molecule has 2 aliphatic heterocycles. The van der Waals surface area contributed by atoms with Crippen LogP contribution in [0.1, 0.15) is 29.9 Å². The van der Waals surface area contributed by atoms with Gasteiger partial charge in [0.1, 0.15) is 6.10 Å². The summed E-state index contributed by atoms with van der Waals surface area (Å²) in [6.45, 7) is 5.38. The predicted molar refractivity (Wildman–Crippen MR) is 120 cm³/mol. The minimum Gasteiger partial charge on any atom is -0.369 e. The van der Waals surface area contributed by atoms with E-state index in [9.17, 15) is 4.79 Å². The molecule has 1 saturated carbocycles. The van der Waals surface area contributed by atoms with Gasteiger partial charge in [0.15, 0.2) is 0 Å². The number of hydrogen-bond acceptors (Lipinski definition) is 4. The highest BCUT2D eigenvalue weighted by Crippen LogP contribution is 2.40. The summed E-state index contributed by atoms with van der Waals surface area (Å²) in [6, 6.07) is 17.1. The Morgan fingerprint density at radius 1 is 0.933 bits per heavy atom. The zero-order valence-corrected chi connectivity index (χ0v) is 17.8. The zero-order valence-electron chi connectivity index (χ0n) is 17.8. The number of benzene rings is 2. The van der Waals surface area contributed by atoms with Crippen molar-refractivity contribution in [3.63, 3.8) is 0 Å². The van der Waals surface area contributed by atoms with E-state index < -0.39 is 6.10 Å². The Balaban J connectivity index is 1.31. The Morgan fingerprint density at radius 3 is 2.40 bits per heavy atom. The molecule has 5 nitrogen and oxygen atoms in total. The van der Waals surface area contributed by atoms with E-state index in [-0.39, 0.29) is 5.91 Å². The predicted octanol–water partition coefficient (Wildman–Crippen LogP) is 3.29. The van der Waals surface area contributed by atoms with Gasteiger partial charge in [-0.2, -0.15) is 0 Å². The molecule has 0 bridgehead atoms. The van der Waals surface area contributed by atoms with Crippen molar-refractivity contribution >= 4 is 17.3 Å². The van der Waals surface area contributed by atoms with Crippen LogP contribution in [0.3, 0.4) is 0 Å². The van der Waals surface area contributed by atoms with Crippen LogP contribution in [0.4, 0.5) is 11.4 Å². The molecule has 5 heteroatoms. The fourth-order valence-corrected chi connectivity index (χ4v) is 4.63. The van der Waals surface area contributed by atoms with Crippen LogP contribution in [0.5, 0.6) is 0 Å². The Labute approximate surface area is 179 Å². The van der Waals surface area contributed by atoms with Crippen molar-refractivity contribution in [3.05, 3.63) is 59.7 Å². The first-order valence-electron chi connectivity index (χ1n) is 11.2. The highest BCUT2D eigenvalue weighted by Gasteiger charge is 2.32.